The predicted octanol–water partition coefficient (Wildman–Crippen LogP) is 4.72. The molecule has 0 bridgehead atoms. The second kappa shape index (κ2) is 9.76. The molecule has 0 unspecified atom stereocenters. The average Bonchev–Trinajstić information content (AvgIpc) is 3.34. The quantitative estimate of drug-likeness (QED) is 0.391. The molecule has 1 fully saturated rings. The van der Waals surface area contributed by atoms with E-state index in [9.17, 15) is 13.2 Å². The highest BCUT2D eigenvalue weighted by molar-refractivity contribution is 7.89. The number of halogens is 2. The fourth-order valence-electron chi connectivity index (χ4n) is 3.92. The number of carbonyl (C=O) groups is 1. The smallest absolute Gasteiger partial charge is 0.289 e. The molecule has 5 rings (SSSR count). The maximum atomic E-state index is 13.2. The first-order chi connectivity index (χ1) is 15.9. The Morgan fingerprint density at radius 3 is 2.29 bits per heavy atom. The lowest BCUT2D eigenvalue weighted by molar-refractivity contribution is 0.0667. The number of piperazine rings is 1. The van der Waals surface area contributed by atoms with Crippen molar-refractivity contribution in [1.29, 1.82) is 0 Å². The van der Waals surface area contributed by atoms with Gasteiger partial charge in [-0.3, -0.25) is 9.78 Å². The van der Waals surface area contributed by atoms with Crippen LogP contribution in [0.4, 0.5) is 0 Å². The number of amides is 1. The van der Waals surface area contributed by atoms with Crippen LogP contribution in [0.3, 0.4) is 0 Å². The normalized spacial score (nSPS) is 14.7. The van der Waals surface area contributed by atoms with Crippen LogP contribution in [0.25, 0.3) is 22.1 Å². The number of nitrogens with zero attached hydrogens (tertiary/aromatic N) is 3. The molecule has 2 aromatic heterocycles. The van der Waals surface area contributed by atoms with Crippen LogP contribution in [0.5, 0.6) is 0 Å². The summed E-state index contributed by atoms with van der Waals surface area (Å²) in [6.07, 6.45) is 3.31. The van der Waals surface area contributed by atoms with Crippen LogP contribution in [0, 0.1) is 0 Å². The van der Waals surface area contributed by atoms with Crippen molar-refractivity contribution in [3.8, 4) is 11.3 Å². The minimum absolute atomic E-state index is 0. The van der Waals surface area contributed by atoms with Crippen LogP contribution in [0.2, 0.25) is 5.02 Å². The predicted molar refractivity (Wildman–Crippen MR) is 133 cm³/mol. The molecule has 0 radical (unpaired) electrons. The van der Waals surface area contributed by atoms with Crippen LogP contribution in [-0.2, 0) is 10.0 Å². The van der Waals surface area contributed by atoms with E-state index in [1.165, 1.54) is 4.31 Å². The van der Waals surface area contributed by atoms with Crippen molar-refractivity contribution in [1.82, 2.24) is 14.2 Å². The SMILES string of the molecule is Cl.O=C(c1ccc(-c2ccncc2)o1)N1CCN(S(=O)(=O)c2ccc3cc(Cl)ccc3c2)CC1. The third kappa shape index (κ3) is 4.67. The number of hydrogen-bond donors (Lipinski definition) is 0. The van der Waals surface area contributed by atoms with Crippen LogP contribution < -0.4 is 0 Å². The molecule has 0 atom stereocenters. The monoisotopic (exact) mass is 517 g/mol. The Balaban J connectivity index is 0.00000274. The summed E-state index contributed by atoms with van der Waals surface area (Å²) in [6.45, 7) is 0.994. The summed E-state index contributed by atoms with van der Waals surface area (Å²) in [6, 6.07) is 17.3. The lowest BCUT2D eigenvalue weighted by atomic mass is 10.1. The van der Waals surface area contributed by atoms with Gasteiger partial charge in [0.1, 0.15) is 5.76 Å². The first-order valence-corrected chi connectivity index (χ1v) is 12.2. The van der Waals surface area contributed by atoms with E-state index >= 15 is 0 Å². The summed E-state index contributed by atoms with van der Waals surface area (Å²) in [4.78, 5) is 18.7. The van der Waals surface area contributed by atoms with E-state index < -0.39 is 10.0 Å². The zero-order valence-corrected chi connectivity index (χ0v) is 20.3. The Morgan fingerprint density at radius 2 is 1.56 bits per heavy atom. The van der Waals surface area contributed by atoms with E-state index in [0.29, 0.717) is 10.8 Å². The van der Waals surface area contributed by atoms with Crippen LogP contribution >= 0.6 is 24.0 Å². The molecule has 34 heavy (non-hydrogen) atoms. The van der Waals surface area contributed by atoms with E-state index in [4.69, 9.17) is 16.0 Å². The van der Waals surface area contributed by atoms with Gasteiger partial charge in [-0.1, -0.05) is 23.7 Å². The van der Waals surface area contributed by atoms with Crippen molar-refractivity contribution in [2.45, 2.75) is 4.90 Å². The van der Waals surface area contributed by atoms with Gasteiger partial charge in [0.2, 0.25) is 10.0 Å². The fourth-order valence-corrected chi connectivity index (χ4v) is 5.55. The number of carbonyl (C=O) groups excluding carboxylic acids is 1. The zero-order chi connectivity index (χ0) is 23.0. The van der Waals surface area contributed by atoms with Gasteiger partial charge in [0.15, 0.2) is 5.76 Å². The minimum Gasteiger partial charge on any atom is -0.451 e. The number of hydrogen-bond acceptors (Lipinski definition) is 5. The maximum absolute atomic E-state index is 13.2. The molecule has 3 heterocycles. The van der Waals surface area contributed by atoms with Gasteiger partial charge in [-0.2, -0.15) is 4.31 Å². The molecule has 1 saturated heterocycles. The molecule has 0 aliphatic carbocycles. The highest BCUT2D eigenvalue weighted by Gasteiger charge is 2.31. The van der Waals surface area contributed by atoms with Crippen LogP contribution in [-0.4, -0.2) is 54.7 Å². The molecule has 7 nitrogen and oxygen atoms in total. The number of rotatable bonds is 4. The largest absolute Gasteiger partial charge is 0.451 e. The van der Waals surface area contributed by atoms with Crippen molar-refractivity contribution < 1.29 is 17.6 Å². The van der Waals surface area contributed by atoms with Crippen LogP contribution in [0.1, 0.15) is 10.6 Å². The van der Waals surface area contributed by atoms with Gasteiger partial charge in [-0.05, 0) is 59.3 Å². The average molecular weight is 518 g/mol. The zero-order valence-electron chi connectivity index (χ0n) is 17.9. The third-order valence-corrected chi connectivity index (χ3v) is 7.85. The number of sulfonamides is 1. The molecule has 4 aromatic rings. The Bertz CT molecular complexity index is 1430. The molecule has 0 saturated carbocycles. The van der Waals surface area contributed by atoms with Crippen molar-refractivity contribution >= 4 is 50.7 Å². The summed E-state index contributed by atoms with van der Waals surface area (Å²) in [7, 11) is -3.68. The Kier molecular flexibility index (Phi) is 6.95. The third-order valence-electron chi connectivity index (χ3n) is 5.72. The van der Waals surface area contributed by atoms with Gasteiger partial charge < -0.3 is 9.32 Å². The second-order valence-electron chi connectivity index (χ2n) is 7.75. The second-order valence-corrected chi connectivity index (χ2v) is 10.1. The number of furan rings is 1. The van der Waals surface area contributed by atoms with Gasteiger partial charge in [-0.15, -0.1) is 12.4 Å². The molecule has 176 valence electrons. The van der Waals surface area contributed by atoms with E-state index in [1.807, 2.05) is 0 Å². The highest BCUT2D eigenvalue weighted by Crippen LogP contribution is 2.26. The Morgan fingerprint density at radius 1 is 0.882 bits per heavy atom. The van der Waals surface area contributed by atoms with Crippen molar-refractivity contribution in [3.63, 3.8) is 0 Å². The number of aromatic nitrogens is 1. The summed E-state index contributed by atoms with van der Waals surface area (Å²) < 4.78 is 33.5. The van der Waals surface area contributed by atoms with Crippen molar-refractivity contribution in [2.75, 3.05) is 26.2 Å². The van der Waals surface area contributed by atoms with Gasteiger partial charge in [0, 0.05) is 49.2 Å². The first kappa shape index (κ1) is 24.2. The molecule has 1 aliphatic rings. The summed E-state index contributed by atoms with van der Waals surface area (Å²) >= 11 is 6.02. The summed E-state index contributed by atoms with van der Waals surface area (Å²) in [5.74, 6) is 0.556. The molecule has 0 N–H and O–H groups in total. The molecular formula is C24H21Cl2N3O4S. The van der Waals surface area contributed by atoms with Gasteiger partial charge >= 0.3 is 0 Å². The molecule has 1 aliphatic heterocycles. The molecule has 10 heteroatoms. The topological polar surface area (TPSA) is 83.7 Å². The van der Waals surface area contributed by atoms with Gasteiger partial charge in [0.05, 0.1) is 4.90 Å². The van der Waals surface area contributed by atoms with E-state index in [-0.39, 0.29) is 55.1 Å². The molecule has 1 amide bonds. The van der Waals surface area contributed by atoms with Gasteiger partial charge in [-0.25, -0.2) is 8.42 Å². The lowest BCUT2D eigenvalue weighted by Crippen LogP contribution is -2.50. The van der Waals surface area contributed by atoms with E-state index in [2.05, 4.69) is 4.98 Å². The lowest BCUT2D eigenvalue weighted by Gasteiger charge is -2.33. The highest BCUT2D eigenvalue weighted by atomic mass is 35.5. The Labute approximate surface area is 208 Å². The summed E-state index contributed by atoms with van der Waals surface area (Å²) in [5.41, 5.74) is 0.831. The maximum Gasteiger partial charge on any atom is 0.289 e. The fraction of sp³-hybridized carbons (Fsp3) is 0.167. The van der Waals surface area contributed by atoms with Gasteiger partial charge in [0.25, 0.3) is 5.91 Å². The van der Waals surface area contributed by atoms with E-state index in [1.54, 1.807) is 78.0 Å². The summed E-state index contributed by atoms with van der Waals surface area (Å²) in [5, 5.41) is 2.28. The molecular weight excluding hydrogens is 497 g/mol. The van der Waals surface area contributed by atoms with Crippen LogP contribution in [0.15, 0.2) is 82.4 Å². The molecule has 0 spiro atoms. The Hall–Kier alpha value is -2.91. The van der Waals surface area contributed by atoms with E-state index in [0.717, 1.165) is 16.3 Å². The first-order valence-electron chi connectivity index (χ1n) is 10.4. The number of fused-ring (bicyclic) bond motifs is 1. The standard InChI is InChI=1S/C24H20ClN3O4S.ClH/c25-20-3-1-19-16-21(4-2-18(19)15-20)33(30,31)28-13-11-27(12-14-28)24(29)23-6-5-22(32-23)17-7-9-26-10-8-17;/h1-10,15-16H,11-14H2;1H. The molecule has 2 aromatic carbocycles. The van der Waals surface area contributed by atoms with Crippen molar-refractivity contribution in [3.05, 3.63) is 83.8 Å². The van der Waals surface area contributed by atoms with Crippen molar-refractivity contribution in [2.24, 2.45) is 0 Å². The number of pyridine rings is 1. The minimum atomic E-state index is -3.68. The number of benzene rings is 2.